The summed E-state index contributed by atoms with van der Waals surface area (Å²) in [6, 6.07) is 75.0. The fourth-order valence-electron chi connectivity index (χ4n) is 10.5. The maximum atomic E-state index is 7.03. The molecule has 0 bridgehead atoms. The third-order valence-electron chi connectivity index (χ3n) is 13.4. The van der Waals surface area contributed by atoms with E-state index in [1.807, 2.05) is 0 Å². The Morgan fingerprint density at radius 3 is 1.40 bits per heavy atom. The van der Waals surface area contributed by atoms with E-state index in [1.165, 1.54) is 70.7 Å². The van der Waals surface area contributed by atoms with Crippen molar-refractivity contribution in [1.82, 2.24) is 0 Å². The molecule has 286 valence electrons. The van der Waals surface area contributed by atoms with Crippen molar-refractivity contribution >= 4 is 97.7 Å². The highest BCUT2D eigenvalue weighted by atomic mass is 16.3. The molecule has 0 aliphatic rings. The van der Waals surface area contributed by atoms with Gasteiger partial charge in [-0.3, -0.25) is 0 Å². The highest BCUT2D eigenvalue weighted by Gasteiger charge is 2.22. The molecule has 0 amide bonds. The lowest BCUT2D eigenvalue weighted by Crippen LogP contribution is -1.90. The third-order valence-corrected chi connectivity index (χ3v) is 13.4. The molecule has 0 spiro atoms. The quantitative estimate of drug-likeness (QED) is 0.166. The van der Waals surface area contributed by atoms with Crippen LogP contribution in [-0.2, 0) is 0 Å². The first-order valence-corrected chi connectivity index (χ1v) is 21.3. The minimum absolute atomic E-state index is 0.889. The molecule has 0 atom stereocenters. The fraction of sp³-hybridized carbons (Fsp3) is 0. The van der Waals surface area contributed by atoms with Crippen molar-refractivity contribution in [3.05, 3.63) is 206 Å². The van der Waals surface area contributed by atoms with E-state index < -0.39 is 0 Å². The highest BCUT2D eigenvalue weighted by molar-refractivity contribution is 6.29. The fourth-order valence-corrected chi connectivity index (χ4v) is 10.5. The maximum Gasteiger partial charge on any atom is 0.143 e. The smallest absolute Gasteiger partial charge is 0.143 e. The molecular formula is C60H34O2. The molecular weight excluding hydrogens is 753 g/mol. The van der Waals surface area contributed by atoms with Gasteiger partial charge in [0, 0.05) is 27.1 Å². The van der Waals surface area contributed by atoms with Gasteiger partial charge in [-0.15, -0.1) is 0 Å². The van der Waals surface area contributed by atoms with E-state index in [0.717, 1.165) is 71.5 Å². The second-order valence-corrected chi connectivity index (χ2v) is 16.7. The number of hydrogen-bond acceptors (Lipinski definition) is 2. The van der Waals surface area contributed by atoms with Gasteiger partial charge >= 0.3 is 0 Å². The minimum Gasteiger partial charge on any atom is -0.456 e. The molecule has 0 N–H and O–H groups in total. The Balaban J connectivity index is 0.974. The van der Waals surface area contributed by atoms with Gasteiger partial charge in [0.25, 0.3) is 0 Å². The zero-order chi connectivity index (χ0) is 40.5. The molecule has 14 aromatic rings. The molecule has 0 aliphatic heterocycles. The molecule has 0 fully saturated rings. The lowest BCUT2D eigenvalue weighted by atomic mass is 9.86. The van der Waals surface area contributed by atoms with Crippen LogP contribution in [0.5, 0.6) is 0 Å². The van der Waals surface area contributed by atoms with E-state index in [9.17, 15) is 0 Å². The van der Waals surface area contributed by atoms with Gasteiger partial charge in [-0.05, 0) is 129 Å². The summed E-state index contributed by atoms with van der Waals surface area (Å²) in [7, 11) is 0. The molecule has 0 saturated carbocycles. The summed E-state index contributed by atoms with van der Waals surface area (Å²) in [5, 5.41) is 16.9. The Labute approximate surface area is 355 Å². The van der Waals surface area contributed by atoms with E-state index in [0.29, 0.717) is 0 Å². The molecule has 2 aromatic heterocycles. The summed E-state index contributed by atoms with van der Waals surface area (Å²) >= 11 is 0. The van der Waals surface area contributed by atoms with Crippen LogP contribution in [0.2, 0.25) is 0 Å². The molecule has 0 unspecified atom stereocenters. The van der Waals surface area contributed by atoms with E-state index in [4.69, 9.17) is 8.83 Å². The van der Waals surface area contributed by atoms with Crippen LogP contribution in [0.25, 0.3) is 142 Å². The molecule has 62 heavy (non-hydrogen) atoms. The van der Waals surface area contributed by atoms with Gasteiger partial charge in [0.2, 0.25) is 0 Å². The zero-order valence-electron chi connectivity index (χ0n) is 33.4. The topological polar surface area (TPSA) is 26.3 Å². The van der Waals surface area contributed by atoms with Crippen LogP contribution in [0.15, 0.2) is 215 Å². The largest absolute Gasteiger partial charge is 0.456 e. The van der Waals surface area contributed by atoms with Crippen LogP contribution in [-0.4, -0.2) is 0 Å². The van der Waals surface area contributed by atoms with Crippen molar-refractivity contribution in [1.29, 1.82) is 0 Å². The second-order valence-electron chi connectivity index (χ2n) is 16.7. The third kappa shape index (κ3) is 4.80. The van der Waals surface area contributed by atoms with E-state index in [1.54, 1.807) is 0 Å². The van der Waals surface area contributed by atoms with Gasteiger partial charge in [0.1, 0.15) is 22.3 Å². The van der Waals surface area contributed by atoms with Crippen molar-refractivity contribution < 1.29 is 8.83 Å². The van der Waals surface area contributed by atoms with Gasteiger partial charge in [-0.25, -0.2) is 0 Å². The van der Waals surface area contributed by atoms with Crippen LogP contribution in [0, 0.1) is 0 Å². The lowest BCUT2D eigenvalue weighted by molar-refractivity contribution is 0.669. The first-order chi connectivity index (χ1) is 30.7. The number of rotatable bonds is 4. The van der Waals surface area contributed by atoms with Crippen molar-refractivity contribution in [3.63, 3.8) is 0 Å². The SMILES string of the molecule is c1ccc(-c2ccc3ccc4c(-c5ccc(-c6ccc(-c7cccc8oc9cc%10ccccc%10cc9c78)cc6)c6oc7cc8ccccc8cc7c56)ccc5ccc2c3c54)cc1. The van der Waals surface area contributed by atoms with Gasteiger partial charge in [0.15, 0.2) is 0 Å². The normalized spacial score (nSPS) is 12.2. The zero-order valence-corrected chi connectivity index (χ0v) is 33.4. The summed E-state index contributed by atoms with van der Waals surface area (Å²) in [4.78, 5) is 0. The Morgan fingerprint density at radius 1 is 0.226 bits per heavy atom. The molecule has 2 heteroatoms. The molecule has 0 aliphatic carbocycles. The lowest BCUT2D eigenvalue weighted by Gasteiger charge is -2.17. The predicted octanol–water partition coefficient (Wildman–Crippen LogP) is 17.4. The number of benzene rings is 12. The molecule has 2 nitrogen and oxygen atoms in total. The second kappa shape index (κ2) is 12.7. The Hall–Kier alpha value is -8.20. The van der Waals surface area contributed by atoms with Crippen LogP contribution in [0.1, 0.15) is 0 Å². The number of furan rings is 2. The van der Waals surface area contributed by atoms with Gasteiger partial charge < -0.3 is 8.83 Å². The van der Waals surface area contributed by atoms with Gasteiger partial charge in [-0.1, -0.05) is 170 Å². The molecule has 2 heterocycles. The Bertz CT molecular complexity index is 4130. The van der Waals surface area contributed by atoms with E-state index in [2.05, 4.69) is 206 Å². The number of fused-ring (bicyclic) bond motifs is 8. The van der Waals surface area contributed by atoms with Crippen LogP contribution in [0.3, 0.4) is 0 Å². The summed E-state index contributed by atoms with van der Waals surface area (Å²) in [5.74, 6) is 0. The average molecular weight is 787 g/mol. The Kier molecular flexibility index (Phi) is 6.86. The van der Waals surface area contributed by atoms with Gasteiger partial charge in [-0.2, -0.15) is 0 Å². The first-order valence-electron chi connectivity index (χ1n) is 21.3. The summed E-state index contributed by atoms with van der Waals surface area (Å²) in [5.41, 5.74) is 12.9. The molecule has 0 saturated heterocycles. The van der Waals surface area contributed by atoms with Crippen molar-refractivity contribution in [2.45, 2.75) is 0 Å². The van der Waals surface area contributed by atoms with Crippen LogP contribution >= 0.6 is 0 Å². The van der Waals surface area contributed by atoms with Crippen molar-refractivity contribution in [3.8, 4) is 44.5 Å². The summed E-state index contributed by atoms with van der Waals surface area (Å²) < 4.78 is 13.5. The van der Waals surface area contributed by atoms with E-state index in [-0.39, 0.29) is 0 Å². The summed E-state index contributed by atoms with van der Waals surface area (Å²) in [6.07, 6.45) is 0. The molecule has 0 radical (unpaired) electrons. The average Bonchev–Trinajstić information content (AvgIpc) is 3.89. The molecule has 14 rings (SSSR count). The van der Waals surface area contributed by atoms with Crippen molar-refractivity contribution in [2.24, 2.45) is 0 Å². The van der Waals surface area contributed by atoms with Crippen molar-refractivity contribution in [2.75, 3.05) is 0 Å². The summed E-state index contributed by atoms with van der Waals surface area (Å²) in [6.45, 7) is 0. The van der Waals surface area contributed by atoms with Crippen LogP contribution < -0.4 is 0 Å². The monoisotopic (exact) mass is 786 g/mol. The minimum atomic E-state index is 0.889. The van der Waals surface area contributed by atoms with Crippen LogP contribution in [0.4, 0.5) is 0 Å². The first kappa shape index (κ1) is 33.6. The molecule has 12 aromatic carbocycles. The standard InChI is InChI=1S/C60H34O2/c1-2-9-35(10-3-1)44-25-21-38-24-28-49-47(26-22-39-23-27-48(44)56(38)57(39)49)50-30-29-46(60-59(50)52-32-41-12-5-7-14-43(41)34-55(52)62-60)37-19-17-36(18-20-37)45-15-8-16-53-58(45)51-31-40-11-4-6-13-42(40)33-54(51)61-53/h1-34H. The Morgan fingerprint density at radius 2 is 0.726 bits per heavy atom. The highest BCUT2D eigenvalue weighted by Crippen LogP contribution is 2.48. The van der Waals surface area contributed by atoms with E-state index >= 15 is 0 Å². The number of hydrogen-bond donors (Lipinski definition) is 0. The maximum absolute atomic E-state index is 7.03. The van der Waals surface area contributed by atoms with Gasteiger partial charge in [0.05, 0.1) is 0 Å². The predicted molar refractivity (Wildman–Crippen MR) is 261 cm³/mol.